The van der Waals surface area contributed by atoms with Gasteiger partial charge in [0.05, 0.1) is 32.0 Å². The molecule has 1 spiro atoms. The Hall–Kier alpha value is -6.28. The second kappa shape index (κ2) is 34.9. The summed E-state index contributed by atoms with van der Waals surface area (Å²) in [4.78, 5) is 190. The maximum atomic E-state index is 15.4. The van der Waals surface area contributed by atoms with Gasteiger partial charge in [-0.1, -0.05) is 79.1 Å². The Morgan fingerprint density at radius 3 is 1.81 bits per heavy atom. The summed E-state index contributed by atoms with van der Waals surface area (Å²) in [7, 11) is 10.0. The fourth-order valence-electron chi connectivity index (χ4n) is 15.8. The summed E-state index contributed by atoms with van der Waals surface area (Å²) in [5.74, 6) is -10.5. The molecule has 552 valence electrons. The number of nitrogens with zero attached hydrogens (tertiary/aromatic N) is 9. The third-order valence-electron chi connectivity index (χ3n) is 22.4. The lowest BCUT2D eigenvalue weighted by Gasteiger charge is -2.41. The molecule has 3 N–H and O–H groups in total. The van der Waals surface area contributed by atoms with Crippen LogP contribution in [-0.4, -0.2) is 263 Å². The fourth-order valence-corrected chi connectivity index (χ4v) is 16.3. The summed E-state index contributed by atoms with van der Waals surface area (Å²) in [5.41, 5.74) is -1.53. The summed E-state index contributed by atoms with van der Waals surface area (Å²) in [6, 6.07) is -8.46. The van der Waals surface area contributed by atoms with Crippen LogP contribution in [0.5, 0.6) is 0 Å². The number of hydrogen-bond acceptors (Lipinski definition) is 12. The van der Waals surface area contributed by atoms with Crippen molar-refractivity contribution in [2.24, 2.45) is 35.5 Å². The summed E-state index contributed by atoms with van der Waals surface area (Å²) < 4.78 is 41.9. The number of likely N-dealkylation sites (tertiary alicyclic amines) is 1. The average Bonchev–Trinajstić information content (AvgIpc) is 1.59. The third kappa shape index (κ3) is 19.8. The molecule has 4 saturated carbocycles. The molecule has 3 heterocycles. The van der Waals surface area contributed by atoms with Crippen molar-refractivity contribution in [3.8, 4) is 0 Å². The van der Waals surface area contributed by atoms with Gasteiger partial charge in [-0.25, -0.2) is 0 Å². The van der Waals surface area contributed by atoms with Gasteiger partial charge in [0, 0.05) is 74.3 Å². The number of alkyl halides is 4. The van der Waals surface area contributed by atoms with Gasteiger partial charge in [0.1, 0.15) is 47.8 Å². The number of carbonyl (C=O) groups excluding carboxylic acids is 12. The van der Waals surface area contributed by atoms with Crippen LogP contribution in [0.1, 0.15) is 188 Å². The van der Waals surface area contributed by atoms with Gasteiger partial charge in [0.15, 0.2) is 0 Å². The highest BCUT2D eigenvalue weighted by Crippen LogP contribution is 2.44. The molecule has 11 atom stereocenters. The fraction of sp³-hybridized carbons (Fsp3) is 0.829. The first-order chi connectivity index (χ1) is 46.2. The number of amides is 12. The SMILES string of the molecule is CC[C@H](C)[C@@H]1NC(=O)[C@H](CC(C)C)N(C)C(=O)C[C@@H](C(=O)N2CCCCC2)N(C)C(=O)[C@H](C2CC2)N(C)C(=O)C2(CCCC2)NC(=O)[C@@H]2CCCN2C(=O)[C@H](CCC2CCC(C(F)(F)F)C(Cl)C2)NC(=O)CN(C)C(=O)[C@H](CC2CCCCC2)N(C)C(=O)CN(C)C(=O)CN(C)C1=O. The van der Waals surface area contributed by atoms with E-state index in [0.29, 0.717) is 64.5 Å². The van der Waals surface area contributed by atoms with Crippen LogP contribution in [0, 0.1) is 35.5 Å². The molecule has 0 bridgehead atoms. The molecule has 7 rings (SSSR count). The maximum Gasteiger partial charge on any atom is 0.393 e. The molecule has 0 aromatic heterocycles. The number of halogens is 4. The van der Waals surface area contributed by atoms with Gasteiger partial charge < -0.3 is 60.0 Å². The zero-order valence-corrected chi connectivity index (χ0v) is 60.7. The van der Waals surface area contributed by atoms with Crippen LogP contribution < -0.4 is 16.0 Å². The molecule has 3 aliphatic heterocycles. The largest absolute Gasteiger partial charge is 0.393 e. The van der Waals surface area contributed by atoms with Gasteiger partial charge in [-0.2, -0.15) is 13.2 Å². The molecule has 98 heavy (non-hydrogen) atoms. The van der Waals surface area contributed by atoms with Crippen molar-refractivity contribution in [1.29, 1.82) is 0 Å². The molecule has 0 radical (unpaired) electrons. The van der Waals surface area contributed by atoms with E-state index < -0.39 is 168 Å². The smallest absolute Gasteiger partial charge is 0.343 e. The summed E-state index contributed by atoms with van der Waals surface area (Å²) >= 11 is 6.39. The van der Waals surface area contributed by atoms with Crippen molar-refractivity contribution in [1.82, 2.24) is 60.0 Å². The Bertz CT molecular complexity index is 2870. The Kier molecular flexibility index (Phi) is 28.1. The van der Waals surface area contributed by atoms with Gasteiger partial charge in [-0.15, -0.1) is 11.6 Å². The molecule has 7 aliphatic rings. The Labute approximate surface area is 582 Å². The van der Waals surface area contributed by atoms with Gasteiger partial charge in [0.2, 0.25) is 70.9 Å². The number of carbonyl (C=O) groups is 12. The van der Waals surface area contributed by atoms with Gasteiger partial charge in [-0.05, 0) is 132 Å². The van der Waals surface area contributed by atoms with Crippen LogP contribution in [0.3, 0.4) is 0 Å². The van der Waals surface area contributed by atoms with Crippen LogP contribution in [0.15, 0.2) is 0 Å². The number of rotatable bonds is 11. The van der Waals surface area contributed by atoms with Gasteiger partial charge in [-0.3, -0.25) is 57.5 Å². The first-order valence-corrected chi connectivity index (χ1v) is 36.6. The number of fused-ring (bicyclic) bond motifs is 1. The first-order valence-electron chi connectivity index (χ1n) is 36.2. The zero-order valence-electron chi connectivity index (χ0n) is 59.9. The van der Waals surface area contributed by atoms with Crippen molar-refractivity contribution in [2.75, 3.05) is 88.6 Å². The van der Waals surface area contributed by atoms with E-state index in [4.69, 9.17) is 11.6 Å². The molecule has 0 aromatic carbocycles. The van der Waals surface area contributed by atoms with Crippen LogP contribution in [0.4, 0.5) is 13.2 Å². The number of likely N-dealkylation sites (N-methyl/N-ethyl adjacent to an activating group) is 7. The summed E-state index contributed by atoms with van der Waals surface area (Å²) in [6.07, 6.45) is 5.58. The maximum absolute atomic E-state index is 15.4. The van der Waals surface area contributed by atoms with E-state index in [1.165, 1.54) is 73.8 Å². The van der Waals surface area contributed by atoms with Crippen LogP contribution in [-0.2, 0) is 57.5 Å². The second-order valence-electron chi connectivity index (χ2n) is 30.2. The number of hydrogen-bond donors (Lipinski definition) is 3. The lowest BCUT2D eigenvalue weighted by atomic mass is 9.78. The lowest BCUT2D eigenvalue weighted by molar-refractivity contribution is -0.182. The Morgan fingerprint density at radius 1 is 0.592 bits per heavy atom. The van der Waals surface area contributed by atoms with Gasteiger partial charge >= 0.3 is 6.18 Å². The van der Waals surface area contributed by atoms with Crippen molar-refractivity contribution < 1.29 is 70.7 Å². The van der Waals surface area contributed by atoms with Crippen molar-refractivity contribution >= 4 is 82.5 Å². The first kappa shape index (κ1) is 79.1. The number of piperidine rings is 1. The molecule has 7 fully saturated rings. The molecule has 28 heteroatoms. The number of nitrogens with one attached hydrogen (secondary N) is 3. The molecule has 24 nitrogen and oxygen atoms in total. The van der Waals surface area contributed by atoms with Crippen molar-refractivity contribution in [3.63, 3.8) is 0 Å². The Balaban J connectivity index is 1.25. The van der Waals surface area contributed by atoms with E-state index in [1.807, 2.05) is 20.8 Å². The average molecular weight is 1410 g/mol. The molecular formula is C70H112ClF3N12O12. The van der Waals surface area contributed by atoms with E-state index in [2.05, 4.69) is 16.0 Å². The van der Waals surface area contributed by atoms with Crippen LogP contribution in [0.25, 0.3) is 0 Å². The monoisotopic (exact) mass is 1400 g/mol. The van der Waals surface area contributed by atoms with Crippen LogP contribution >= 0.6 is 11.6 Å². The van der Waals surface area contributed by atoms with E-state index in [-0.39, 0.29) is 94.4 Å². The highest BCUT2D eigenvalue weighted by atomic mass is 35.5. The summed E-state index contributed by atoms with van der Waals surface area (Å²) in [5, 5.41) is 7.58. The van der Waals surface area contributed by atoms with E-state index in [1.54, 1.807) is 11.8 Å². The van der Waals surface area contributed by atoms with E-state index in [9.17, 15) is 51.5 Å². The second-order valence-corrected chi connectivity index (χ2v) is 30.7. The van der Waals surface area contributed by atoms with Gasteiger partial charge in [0.25, 0.3) is 0 Å². The molecule has 3 saturated heterocycles. The zero-order chi connectivity index (χ0) is 72.2. The van der Waals surface area contributed by atoms with Crippen LogP contribution in [0.2, 0.25) is 0 Å². The highest BCUT2D eigenvalue weighted by Gasteiger charge is 2.53. The van der Waals surface area contributed by atoms with Crippen molar-refractivity contribution in [2.45, 2.75) is 248 Å². The third-order valence-corrected chi connectivity index (χ3v) is 22.9. The molecule has 3 unspecified atom stereocenters. The molecular weight excluding hydrogens is 1290 g/mol. The minimum absolute atomic E-state index is 0.00311. The summed E-state index contributed by atoms with van der Waals surface area (Å²) in [6.45, 7) is 6.57. The highest BCUT2D eigenvalue weighted by molar-refractivity contribution is 6.21. The Morgan fingerprint density at radius 2 is 1.20 bits per heavy atom. The normalized spacial score (nSPS) is 30.1. The van der Waals surface area contributed by atoms with Crippen molar-refractivity contribution in [3.05, 3.63) is 0 Å². The predicted molar refractivity (Wildman–Crippen MR) is 361 cm³/mol. The molecule has 12 amide bonds. The minimum Gasteiger partial charge on any atom is -0.343 e. The molecule has 0 aromatic rings. The molecule has 4 aliphatic carbocycles. The minimum atomic E-state index is -4.50. The van der Waals surface area contributed by atoms with E-state index in [0.717, 1.165) is 53.2 Å². The quantitative estimate of drug-likeness (QED) is 0.222. The lowest BCUT2D eigenvalue weighted by Crippen LogP contribution is -2.64. The predicted octanol–water partition coefficient (Wildman–Crippen LogP) is 5.31. The van der Waals surface area contributed by atoms with E-state index >= 15 is 19.2 Å². The topological polar surface area (TPSA) is 270 Å². The standard InChI is InChI=1S/C70H112ClF3N12O12/c1-12-44(4)59-66(96)80(7)41-57(89)78(5)42-58(90)82(9)53(38-45-22-15-13-16-23-45)64(94)79(6)40-55(87)75-50(30-26-46-25-29-48(49(71)37-46)70(72,73)74)63(93)86-35-21-24-51(86)62(92)77-69(31-17-18-32-69)68(98)84(11)60(47-27-28-47)67(97)83(10)54(65(95)85-33-19-14-20-34-85)39-56(88)81(8)52(36-43(2)3)61(91)76-59/h43-54,59-60H,12-42H2,1-11H3,(H,75,87)(H,76,91)(H,77,92)/t44-,46?,48?,49?,50-,51-,52-,53-,54-,59-,60-/m0/s1.